The zero-order chi connectivity index (χ0) is 19.0. The Morgan fingerprint density at radius 1 is 1.11 bits per heavy atom. The van der Waals surface area contributed by atoms with Crippen molar-refractivity contribution in [2.45, 2.75) is 13.0 Å². The molecule has 0 saturated heterocycles. The fourth-order valence-electron chi connectivity index (χ4n) is 2.91. The summed E-state index contributed by atoms with van der Waals surface area (Å²) in [6, 6.07) is 13.9. The second-order valence-corrected chi connectivity index (χ2v) is 7.09. The predicted molar refractivity (Wildman–Crippen MR) is 105 cm³/mol. The van der Waals surface area contributed by atoms with E-state index in [0.717, 1.165) is 10.4 Å². The summed E-state index contributed by atoms with van der Waals surface area (Å²) in [5.74, 6) is -0.765. The first-order chi connectivity index (χ1) is 13.1. The van der Waals surface area contributed by atoms with Crippen LogP contribution in [0.2, 0.25) is 0 Å². The molecule has 0 bridgehead atoms. The van der Waals surface area contributed by atoms with Crippen LogP contribution < -0.4 is 5.56 Å². The van der Waals surface area contributed by atoms with E-state index < -0.39 is 12.0 Å². The minimum atomic E-state index is -1.09. The Balaban J connectivity index is 2.02. The number of carbonyl (C=O) groups is 1. The van der Waals surface area contributed by atoms with Crippen molar-refractivity contribution >= 4 is 27.5 Å². The lowest BCUT2D eigenvalue weighted by Crippen LogP contribution is -2.30. The van der Waals surface area contributed by atoms with Gasteiger partial charge in [0.05, 0.1) is 5.39 Å². The number of aromatic nitrogens is 3. The Kier molecular flexibility index (Phi) is 4.29. The molecule has 0 spiro atoms. The molecule has 1 N–H and O–H groups in total. The van der Waals surface area contributed by atoms with E-state index in [1.165, 1.54) is 22.8 Å². The molecule has 0 fully saturated rings. The van der Waals surface area contributed by atoms with Gasteiger partial charge in [-0.2, -0.15) is 0 Å². The highest BCUT2D eigenvalue weighted by Gasteiger charge is 2.23. The lowest BCUT2D eigenvalue weighted by atomic mass is 10.2. The number of rotatable bonds is 4. The predicted octanol–water partition coefficient (Wildman–Crippen LogP) is 3.83. The van der Waals surface area contributed by atoms with Crippen LogP contribution in [0.1, 0.15) is 13.0 Å². The number of benzene rings is 1. The van der Waals surface area contributed by atoms with E-state index in [9.17, 15) is 14.7 Å². The molecule has 6 nitrogen and oxygen atoms in total. The molecule has 3 heterocycles. The molecule has 0 amide bonds. The molecule has 4 aromatic rings. The third kappa shape index (κ3) is 3.02. The van der Waals surface area contributed by atoms with Crippen molar-refractivity contribution in [3.63, 3.8) is 0 Å². The smallest absolute Gasteiger partial charge is 0.326 e. The van der Waals surface area contributed by atoms with Crippen molar-refractivity contribution in [3.05, 3.63) is 71.3 Å². The number of hydrogen-bond donors (Lipinski definition) is 1. The summed E-state index contributed by atoms with van der Waals surface area (Å²) in [6.45, 7) is 1.48. The van der Waals surface area contributed by atoms with E-state index >= 15 is 0 Å². The number of fused-ring (bicyclic) bond motifs is 1. The summed E-state index contributed by atoms with van der Waals surface area (Å²) >= 11 is 1.41. The normalized spacial score (nSPS) is 12.2. The van der Waals surface area contributed by atoms with Crippen molar-refractivity contribution in [1.82, 2.24) is 14.5 Å². The van der Waals surface area contributed by atoms with Crippen molar-refractivity contribution in [2.24, 2.45) is 0 Å². The maximum absolute atomic E-state index is 13.2. The SMILES string of the molecule is CC(C(=O)O)n1c(-c2ccncc2)nc2sc(-c3ccccc3)cc2c1=O. The number of hydrogen-bond acceptors (Lipinski definition) is 5. The minimum Gasteiger partial charge on any atom is -0.480 e. The van der Waals surface area contributed by atoms with Gasteiger partial charge in [0, 0.05) is 22.8 Å². The van der Waals surface area contributed by atoms with Crippen molar-refractivity contribution in [3.8, 4) is 21.8 Å². The molecule has 1 unspecified atom stereocenters. The molecule has 1 aromatic carbocycles. The van der Waals surface area contributed by atoms with Crippen molar-refractivity contribution in [1.29, 1.82) is 0 Å². The number of pyridine rings is 1. The number of nitrogens with zero attached hydrogens (tertiary/aromatic N) is 3. The maximum Gasteiger partial charge on any atom is 0.326 e. The van der Waals surface area contributed by atoms with Crippen LogP contribution in [-0.2, 0) is 4.79 Å². The second kappa shape index (κ2) is 6.77. The van der Waals surface area contributed by atoms with Gasteiger partial charge in [0.2, 0.25) is 0 Å². The summed E-state index contributed by atoms with van der Waals surface area (Å²) in [6.07, 6.45) is 3.18. The third-order valence-corrected chi connectivity index (χ3v) is 5.42. The molecular formula is C20H15N3O3S. The van der Waals surface area contributed by atoms with E-state index in [0.29, 0.717) is 21.6 Å². The van der Waals surface area contributed by atoms with Crippen molar-refractivity contribution < 1.29 is 9.90 Å². The molecule has 27 heavy (non-hydrogen) atoms. The average Bonchev–Trinajstić information content (AvgIpc) is 3.13. The maximum atomic E-state index is 13.2. The highest BCUT2D eigenvalue weighted by Crippen LogP contribution is 2.32. The molecule has 7 heteroatoms. The summed E-state index contributed by atoms with van der Waals surface area (Å²) in [7, 11) is 0. The zero-order valence-corrected chi connectivity index (χ0v) is 15.2. The van der Waals surface area contributed by atoms with E-state index in [1.807, 2.05) is 30.3 Å². The van der Waals surface area contributed by atoms with Gasteiger partial charge >= 0.3 is 5.97 Å². The molecule has 3 aromatic heterocycles. The standard InChI is InChI=1S/C20H15N3O3S/c1-12(20(25)26)23-17(14-7-9-21-10-8-14)22-18-15(19(23)24)11-16(27-18)13-5-3-2-4-6-13/h2-12H,1H3,(H,25,26). The molecule has 0 radical (unpaired) electrons. The van der Waals surface area contributed by atoms with Gasteiger partial charge in [-0.1, -0.05) is 30.3 Å². The van der Waals surface area contributed by atoms with Crippen LogP contribution in [0, 0.1) is 0 Å². The van der Waals surface area contributed by atoms with Gasteiger partial charge in [-0.25, -0.2) is 9.78 Å². The Labute approximate surface area is 158 Å². The van der Waals surface area contributed by atoms with Crippen LogP contribution in [0.5, 0.6) is 0 Å². The van der Waals surface area contributed by atoms with Crippen LogP contribution >= 0.6 is 11.3 Å². The highest BCUT2D eigenvalue weighted by molar-refractivity contribution is 7.21. The van der Waals surface area contributed by atoms with Gasteiger partial charge in [0.15, 0.2) is 0 Å². The second-order valence-electron chi connectivity index (χ2n) is 6.06. The quantitative estimate of drug-likeness (QED) is 0.584. The van der Waals surface area contributed by atoms with Gasteiger partial charge in [0.25, 0.3) is 5.56 Å². The van der Waals surface area contributed by atoms with Gasteiger partial charge in [-0.3, -0.25) is 14.3 Å². The van der Waals surface area contributed by atoms with Gasteiger partial charge in [-0.15, -0.1) is 11.3 Å². The Morgan fingerprint density at radius 3 is 2.48 bits per heavy atom. The largest absolute Gasteiger partial charge is 0.480 e. The monoisotopic (exact) mass is 377 g/mol. The molecule has 0 aliphatic rings. The van der Waals surface area contributed by atoms with Crippen LogP contribution in [-0.4, -0.2) is 25.6 Å². The summed E-state index contributed by atoms with van der Waals surface area (Å²) in [5.41, 5.74) is 1.27. The molecule has 0 saturated carbocycles. The number of thiophene rings is 1. The van der Waals surface area contributed by atoms with Gasteiger partial charge < -0.3 is 5.11 Å². The Hall–Kier alpha value is -3.32. The van der Waals surface area contributed by atoms with Gasteiger partial charge in [0.1, 0.15) is 16.7 Å². The van der Waals surface area contributed by atoms with E-state index in [1.54, 1.807) is 30.6 Å². The van der Waals surface area contributed by atoms with Crippen LogP contribution in [0.15, 0.2) is 65.7 Å². The molecular weight excluding hydrogens is 362 g/mol. The lowest BCUT2D eigenvalue weighted by molar-refractivity contribution is -0.140. The third-order valence-electron chi connectivity index (χ3n) is 4.34. The van der Waals surface area contributed by atoms with E-state index in [4.69, 9.17) is 0 Å². The van der Waals surface area contributed by atoms with Gasteiger partial charge in [-0.05, 0) is 30.7 Å². The molecule has 4 rings (SSSR count). The first-order valence-corrected chi connectivity index (χ1v) is 9.12. The summed E-state index contributed by atoms with van der Waals surface area (Å²) < 4.78 is 1.24. The Morgan fingerprint density at radius 2 is 1.81 bits per heavy atom. The number of carboxylic acid groups (broad SMARTS) is 1. The highest BCUT2D eigenvalue weighted by atomic mass is 32.1. The summed E-state index contributed by atoms with van der Waals surface area (Å²) in [4.78, 5) is 34.9. The topological polar surface area (TPSA) is 85.1 Å². The summed E-state index contributed by atoms with van der Waals surface area (Å²) in [5, 5.41) is 9.91. The number of aliphatic carboxylic acids is 1. The fourth-order valence-corrected chi connectivity index (χ4v) is 3.94. The first-order valence-electron chi connectivity index (χ1n) is 8.31. The minimum absolute atomic E-state index is 0.325. The fraction of sp³-hybridized carbons (Fsp3) is 0.100. The lowest BCUT2D eigenvalue weighted by Gasteiger charge is -2.15. The molecule has 1 atom stereocenters. The molecule has 0 aliphatic heterocycles. The zero-order valence-electron chi connectivity index (χ0n) is 14.4. The Bertz CT molecular complexity index is 1180. The first kappa shape index (κ1) is 17.1. The van der Waals surface area contributed by atoms with Crippen LogP contribution in [0.25, 0.3) is 32.0 Å². The number of carboxylic acids is 1. The van der Waals surface area contributed by atoms with Crippen LogP contribution in [0.4, 0.5) is 0 Å². The van der Waals surface area contributed by atoms with Crippen LogP contribution in [0.3, 0.4) is 0 Å². The molecule has 0 aliphatic carbocycles. The van der Waals surface area contributed by atoms with E-state index in [-0.39, 0.29) is 5.56 Å². The van der Waals surface area contributed by atoms with E-state index in [2.05, 4.69) is 9.97 Å². The van der Waals surface area contributed by atoms with Crippen molar-refractivity contribution in [2.75, 3.05) is 0 Å². The average molecular weight is 377 g/mol. The molecule has 134 valence electrons.